The van der Waals surface area contributed by atoms with E-state index in [4.69, 9.17) is 5.73 Å². The highest BCUT2D eigenvalue weighted by Crippen LogP contribution is 2.33. The molecule has 0 amide bonds. The summed E-state index contributed by atoms with van der Waals surface area (Å²) in [5.41, 5.74) is 8.72. The van der Waals surface area contributed by atoms with Crippen LogP contribution in [-0.2, 0) is 7.05 Å². The first-order valence-electron chi connectivity index (χ1n) is 5.94. The van der Waals surface area contributed by atoms with Crippen molar-refractivity contribution < 1.29 is 0 Å². The number of benzene rings is 1. The van der Waals surface area contributed by atoms with Gasteiger partial charge in [0.25, 0.3) is 0 Å². The Kier molecular flexibility index (Phi) is 4.20. The van der Waals surface area contributed by atoms with Crippen molar-refractivity contribution in [3.05, 3.63) is 32.8 Å². The molecule has 4 nitrogen and oxygen atoms in total. The van der Waals surface area contributed by atoms with Crippen LogP contribution in [0.4, 0.5) is 17.2 Å². The van der Waals surface area contributed by atoms with Gasteiger partial charge >= 0.3 is 0 Å². The third-order valence-corrected chi connectivity index (χ3v) is 4.03. The number of hydrogen-bond acceptors (Lipinski definition) is 3. The number of nitrogens with two attached hydrogens (primary N) is 1. The zero-order chi connectivity index (χ0) is 14.2. The van der Waals surface area contributed by atoms with Crippen molar-refractivity contribution in [2.45, 2.75) is 19.8 Å². The lowest BCUT2D eigenvalue weighted by Gasteiger charge is -2.10. The topological polar surface area (TPSA) is 55.9 Å². The van der Waals surface area contributed by atoms with Gasteiger partial charge in [0, 0.05) is 16.0 Å². The Balaban J connectivity index is 2.41. The fourth-order valence-electron chi connectivity index (χ4n) is 1.86. The maximum Gasteiger partial charge on any atom is 0.152 e. The smallest absolute Gasteiger partial charge is 0.152 e. The largest absolute Gasteiger partial charge is 0.394 e. The average Bonchev–Trinajstić information content (AvgIpc) is 2.62. The van der Waals surface area contributed by atoms with Crippen LogP contribution < -0.4 is 11.1 Å². The van der Waals surface area contributed by atoms with Crippen molar-refractivity contribution >= 4 is 49.1 Å². The molecule has 0 unspecified atom stereocenters. The summed E-state index contributed by atoms with van der Waals surface area (Å²) in [7, 11) is 1.89. The van der Waals surface area contributed by atoms with Gasteiger partial charge in [0.1, 0.15) is 0 Å². The minimum atomic E-state index is 0.299. The van der Waals surface area contributed by atoms with Crippen LogP contribution in [0.15, 0.2) is 27.1 Å². The summed E-state index contributed by atoms with van der Waals surface area (Å²) in [6.45, 7) is 4.16. The van der Waals surface area contributed by atoms with Crippen LogP contribution in [0.3, 0.4) is 0 Å². The maximum absolute atomic E-state index is 6.17. The number of aromatic nitrogens is 2. The van der Waals surface area contributed by atoms with Gasteiger partial charge in [-0.2, -0.15) is 5.10 Å². The van der Waals surface area contributed by atoms with Crippen LogP contribution in [0.2, 0.25) is 0 Å². The van der Waals surface area contributed by atoms with Gasteiger partial charge in [0.2, 0.25) is 0 Å². The number of nitrogens with one attached hydrogen (secondary N) is 1. The monoisotopic (exact) mass is 386 g/mol. The molecule has 0 spiro atoms. The van der Waals surface area contributed by atoms with Crippen LogP contribution in [-0.4, -0.2) is 9.78 Å². The van der Waals surface area contributed by atoms with E-state index in [1.54, 1.807) is 4.68 Å². The summed E-state index contributed by atoms with van der Waals surface area (Å²) in [4.78, 5) is 0. The molecule has 0 atom stereocenters. The predicted octanol–water partition coefficient (Wildman–Crippen LogP) is 4.39. The average molecular weight is 388 g/mol. The number of halogens is 2. The van der Waals surface area contributed by atoms with Gasteiger partial charge in [-0.1, -0.05) is 29.8 Å². The predicted molar refractivity (Wildman–Crippen MR) is 86.8 cm³/mol. The third kappa shape index (κ3) is 2.95. The molecule has 6 heteroatoms. The second kappa shape index (κ2) is 5.54. The summed E-state index contributed by atoms with van der Waals surface area (Å²) < 4.78 is 3.75. The molecule has 0 aliphatic heterocycles. The quantitative estimate of drug-likeness (QED) is 0.820. The van der Waals surface area contributed by atoms with Crippen molar-refractivity contribution in [2.24, 2.45) is 7.05 Å². The highest BCUT2D eigenvalue weighted by Gasteiger charge is 2.16. The molecule has 0 aliphatic carbocycles. The fraction of sp³-hybridized carbons (Fsp3) is 0.308. The van der Waals surface area contributed by atoms with E-state index in [0.29, 0.717) is 11.6 Å². The van der Waals surface area contributed by atoms with Gasteiger partial charge in [0.15, 0.2) is 5.82 Å². The molecule has 0 bridgehead atoms. The second-order valence-electron chi connectivity index (χ2n) is 4.67. The van der Waals surface area contributed by atoms with E-state index in [2.05, 4.69) is 56.1 Å². The highest BCUT2D eigenvalue weighted by atomic mass is 79.9. The third-order valence-electron chi connectivity index (χ3n) is 2.84. The van der Waals surface area contributed by atoms with E-state index in [1.807, 2.05) is 25.2 Å². The molecule has 19 heavy (non-hydrogen) atoms. The summed E-state index contributed by atoms with van der Waals surface area (Å²) in [6, 6.07) is 5.94. The van der Waals surface area contributed by atoms with Crippen LogP contribution in [0.5, 0.6) is 0 Å². The van der Waals surface area contributed by atoms with Crippen molar-refractivity contribution in [1.82, 2.24) is 9.78 Å². The number of aryl methyl sites for hydroxylation is 1. The molecule has 102 valence electrons. The first-order valence-corrected chi connectivity index (χ1v) is 7.53. The molecule has 2 aromatic rings. The normalized spacial score (nSPS) is 11.1. The zero-order valence-electron chi connectivity index (χ0n) is 11.0. The van der Waals surface area contributed by atoms with Crippen molar-refractivity contribution in [1.29, 1.82) is 0 Å². The van der Waals surface area contributed by atoms with E-state index in [0.717, 1.165) is 26.1 Å². The molecule has 0 saturated carbocycles. The lowest BCUT2D eigenvalue weighted by molar-refractivity contribution is 0.718. The van der Waals surface area contributed by atoms with Crippen LogP contribution in [0.1, 0.15) is 25.5 Å². The van der Waals surface area contributed by atoms with Crippen molar-refractivity contribution in [2.75, 3.05) is 11.1 Å². The second-order valence-corrected chi connectivity index (χ2v) is 6.45. The molecule has 3 N–H and O–H groups in total. The van der Waals surface area contributed by atoms with Crippen molar-refractivity contribution in [3.8, 4) is 0 Å². The minimum absolute atomic E-state index is 0.299. The molecule has 0 radical (unpaired) electrons. The number of anilines is 3. The molecular weight excluding hydrogens is 372 g/mol. The lowest BCUT2D eigenvalue weighted by atomic mass is 10.1. The number of nitrogens with zero attached hydrogens (tertiary/aromatic N) is 2. The summed E-state index contributed by atoms with van der Waals surface area (Å²) in [5.74, 6) is 1.11. The maximum atomic E-state index is 6.17. The van der Waals surface area contributed by atoms with Gasteiger partial charge in [0.05, 0.1) is 17.1 Å². The van der Waals surface area contributed by atoms with Crippen LogP contribution >= 0.6 is 31.9 Å². The standard InChI is InChI=1S/C13H16Br2N4/c1-7(2)12-11(16)13(19(3)18-12)17-10-6-8(14)4-5-9(10)15/h4-7,17H,16H2,1-3H3. The Labute approximate surface area is 129 Å². The van der Waals surface area contributed by atoms with Gasteiger partial charge < -0.3 is 11.1 Å². The molecule has 0 fully saturated rings. The first kappa shape index (κ1) is 14.4. The Morgan fingerprint density at radius 1 is 1.32 bits per heavy atom. The van der Waals surface area contributed by atoms with Gasteiger partial charge in [-0.3, -0.25) is 4.68 Å². The number of hydrogen-bond donors (Lipinski definition) is 2. The number of nitrogen functional groups attached to an aromatic ring is 1. The van der Waals surface area contributed by atoms with Gasteiger partial charge in [-0.15, -0.1) is 0 Å². The zero-order valence-corrected chi connectivity index (χ0v) is 14.2. The molecule has 2 rings (SSSR count). The van der Waals surface area contributed by atoms with E-state index in [1.165, 1.54) is 0 Å². The molecule has 0 saturated heterocycles. The van der Waals surface area contributed by atoms with E-state index in [-0.39, 0.29) is 0 Å². The highest BCUT2D eigenvalue weighted by molar-refractivity contribution is 9.11. The molecule has 0 aliphatic rings. The Morgan fingerprint density at radius 2 is 2.00 bits per heavy atom. The van der Waals surface area contributed by atoms with E-state index in [9.17, 15) is 0 Å². The Bertz CT molecular complexity index is 605. The van der Waals surface area contributed by atoms with Gasteiger partial charge in [-0.25, -0.2) is 0 Å². The summed E-state index contributed by atoms with van der Waals surface area (Å²) in [5, 5.41) is 7.78. The molecule has 1 heterocycles. The number of rotatable bonds is 3. The molecule has 1 aromatic carbocycles. The lowest BCUT2D eigenvalue weighted by Crippen LogP contribution is -2.01. The van der Waals surface area contributed by atoms with E-state index < -0.39 is 0 Å². The Morgan fingerprint density at radius 3 is 2.58 bits per heavy atom. The minimum Gasteiger partial charge on any atom is -0.394 e. The van der Waals surface area contributed by atoms with E-state index >= 15 is 0 Å². The van der Waals surface area contributed by atoms with Crippen LogP contribution in [0, 0.1) is 0 Å². The fourth-order valence-corrected chi connectivity index (χ4v) is 2.56. The summed E-state index contributed by atoms with van der Waals surface area (Å²) >= 11 is 6.98. The molecular formula is C13H16Br2N4. The van der Waals surface area contributed by atoms with Crippen LogP contribution in [0.25, 0.3) is 0 Å². The summed E-state index contributed by atoms with van der Waals surface area (Å²) in [6.07, 6.45) is 0. The van der Waals surface area contributed by atoms with Crippen molar-refractivity contribution in [3.63, 3.8) is 0 Å². The first-order chi connectivity index (χ1) is 8.90. The van der Waals surface area contributed by atoms with Gasteiger partial charge in [-0.05, 0) is 40.0 Å². The Hall–Kier alpha value is -1.01. The SMILES string of the molecule is CC(C)c1nn(C)c(Nc2cc(Br)ccc2Br)c1N. The molecule has 1 aromatic heterocycles.